The first-order valence-corrected chi connectivity index (χ1v) is 7.64. The number of hydrogen-bond acceptors (Lipinski definition) is 2. The lowest BCUT2D eigenvalue weighted by Crippen LogP contribution is -2.14. The lowest BCUT2D eigenvalue weighted by Gasteiger charge is -2.18. The molecule has 0 radical (unpaired) electrons. The maximum absolute atomic E-state index is 13.6. The normalized spacial score (nSPS) is 12.3. The number of benzene rings is 2. The number of hydrogen-bond donors (Lipinski definition) is 1. The van der Waals surface area contributed by atoms with Crippen LogP contribution in [0.25, 0.3) is 0 Å². The Labute approximate surface area is 138 Å². The van der Waals surface area contributed by atoms with Crippen LogP contribution in [0.4, 0.5) is 4.39 Å². The van der Waals surface area contributed by atoms with Crippen LogP contribution in [0.5, 0.6) is 5.75 Å². The fraction of sp³-hybridized carbons (Fsp3) is 0.143. The minimum Gasteiger partial charge on any atom is -0.496 e. The van der Waals surface area contributed by atoms with Crippen LogP contribution in [-0.2, 0) is 0 Å². The van der Waals surface area contributed by atoms with Crippen molar-refractivity contribution in [2.24, 2.45) is 5.73 Å². The van der Waals surface area contributed by atoms with E-state index in [2.05, 4.69) is 31.9 Å². The summed E-state index contributed by atoms with van der Waals surface area (Å²) in [6.45, 7) is 0. The Kier molecular flexibility index (Phi) is 5.07. The predicted octanol–water partition coefficient (Wildman–Crippen LogP) is 5.06. The van der Waals surface area contributed by atoms with Crippen LogP contribution in [-0.4, -0.2) is 7.11 Å². The van der Waals surface area contributed by atoms with Crippen LogP contribution in [0, 0.1) is 5.82 Å². The molecule has 0 saturated heterocycles. The molecular formula is C14H11Br2ClFNO. The van der Waals surface area contributed by atoms with Crippen LogP contribution in [0.15, 0.2) is 39.3 Å². The number of rotatable bonds is 3. The Morgan fingerprint density at radius 2 is 1.90 bits per heavy atom. The van der Waals surface area contributed by atoms with Gasteiger partial charge in [-0.05, 0) is 49.6 Å². The number of halogens is 4. The molecule has 2 aromatic rings. The van der Waals surface area contributed by atoms with Crippen molar-refractivity contribution >= 4 is 43.5 Å². The maximum atomic E-state index is 13.6. The zero-order chi connectivity index (χ0) is 14.9. The van der Waals surface area contributed by atoms with Gasteiger partial charge in [0.25, 0.3) is 0 Å². The summed E-state index contributed by atoms with van der Waals surface area (Å²) in [4.78, 5) is 0. The highest BCUT2D eigenvalue weighted by atomic mass is 79.9. The largest absolute Gasteiger partial charge is 0.496 e. The second-order valence-corrected chi connectivity index (χ2v) is 6.22. The van der Waals surface area contributed by atoms with Crippen molar-refractivity contribution in [1.29, 1.82) is 0 Å². The molecule has 0 aliphatic rings. The molecular weight excluding hydrogens is 412 g/mol. The van der Waals surface area contributed by atoms with Crippen LogP contribution >= 0.6 is 43.5 Å². The molecule has 0 amide bonds. The second-order valence-electron chi connectivity index (χ2n) is 4.13. The van der Waals surface area contributed by atoms with Gasteiger partial charge < -0.3 is 10.5 Å². The molecule has 2 rings (SSSR count). The summed E-state index contributed by atoms with van der Waals surface area (Å²) >= 11 is 12.8. The second kappa shape index (κ2) is 6.43. The summed E-state index contributed by atoms with van der Waals surface area (Å²) < 4.78 is 19.8. The first kappa shape index (κ1) is 15.8. The van der Waals surface area contributed by atoms with E-state index in [1.807, 2.05) is 18.2 Å². The molecule has 0 fully saturated rings. The van der Waals surface area contributed by atoms with E-state index in [0.29, 0.717) is 20.8 Å². The van der Waals surface area contributed by atoms with E-state index in [1.54, 1.807) is 6.07 Å². The summed E-state index contributed by atoms with van der Waals surface area (Å²) in [6.07, 6.45) is 0. The zero-order valence-electron chi connectivity index (χ0n) is 10.5. The fourth-order valence-electron chi connectivity index (χ4n) is 1.89. The van der Waals surface area contributed by atoms with E-state index in [-0.39, 0.29) is 0 Å². The van der Waals surface area contributed by atoms with Gasteiger partial charge >= 0.3 is 0 Å². The topological polar surface area (TPSA) is 35.2 Å². The Bertz CT molecular complexity index is 651. The molecule has 0 saturated carbocycles. The van der Waals surface area contributed by atoms with E-state index in [4.69, 9.17) is 22.1 Å². The van der Waals surface area contributed by atoms with Crippen molar-refractivity contribution in [3.8, 4) is 5.75 Å². The molecule has 6 heteroatoms. The smallest absolute Gasteiger partial charge is 0.141 e. The van der Waals surface area contributed by atoms with Gasteiger partial charge in [-0.3, -0.25) is 0 Å². The highest BCUT2D eigenvalue weighted by Gasteiger charge is 2.19. The fourth-order valence-corrected chi connectivity index (χ4v) is 2.88. The molecule has 2 N–H and O–H groups in total. The SMILES string of the molecule is COc1cc(F)c(Br)cc1C(N)c1cccc(Br)c1Cl. The van der Waals surface area contributed by atoms with Crippen molar-refractivity contribution in [3.05, 3.63) is 61.2 Å². The first-order chi connectivity index (χ1) is 9.45. The summed E-state index contributed by atoms with van der Waals surface area (Å²) in [5.41, 5.74) is 7.64. The third kappa shape index (κ3) is 3.01. The van der Waals surface area contributed by atoms with Gasteiger partial charge in [-0.25, -0.2) is 4.39 Å². The quantitative estimate of drug-likeness (QED) is 0.749. The molecule has 1 unspecified atom stereocenters. The number of methoxy groups -OCH3 is 1. The van der Waals surface area contributed by atoms with Crippen molar-refractivity contribution in [2.75, 3.05) is 7.11 Å². The van der Waals surface area contributed by atoms with Crippen molar-refractivity contribution in [3.63, 3.8) is 0 Å². The van der Waals surface area contributed by atoms with Gasteiger partial charge in [0.05, 0.1) is 22.6 Å². The van der Waals surface area contributed by atoms with E-state index in [1.165, 1.54) is 13.2 Å². The van der Waals surface area contributed by atoms with Crippen LogP contribution < -0.4 is 10.5 Å². The third-order valence-electron chi connectivity index (χ3n) is 2.92. The lowest BCUT2D eigenvalue weighted by atomic mass is 9.98. The highest BCUT2D eigenvalue weighted by molar-refractivity contribution is 9.10. The summed E-state index contributed by atoms with van der Waals surface area (Å²) in [7, 11) is 1.47. The summed E-state index contributed by atoms with van der Waals surface area (Å²) in [5.74, 6) is -0.0209. The predicted molar refractivity (Wildman–Crippen MR) is 85.8 cm³/mol. The molecule has 0 aliphatic heterocycles. The lowest BCUT2D eigenvalue weighted by molar-refractivity contribution is 0.404. The molecule has 0 spiro atoms. The van der Waals surface area contributed by atoms with E-state index in [9.17, 15) is 4.39 Å². The highest BCUT2D eigenvalue weighted by Crippen LogP contribution is 2.37. The Morgan fingerprint density at radius 1 is 1.20 bits per heavy atom. The van der Waals surface area contributed by atoms with Crippen LogP contribution in [0.2, 0.25) is 5.02 Å². The van der Waals surface area contributed by atoms with E-state index in [0.717, 1.165) is 10.0 Å². The molecule has 0 heterocycles. The standard InChI is InChI=1S/C14H11Br2ClFNO/c1-20-12-6-11(18)10(16)5-8(12)14(19)7-3-2-4-9(15)13(7)17/h2-6,14H,19H2,1H3. The maximum Gasteiger partial charge on any atom is 0.141 e. The van der Waals surface area contributed by atoms with Crippen LogP contribution in [0.3, 0.4) is 0 Å². The zero-order valence-corrected chi connectivity index (χ0v) is 14.4. The molecule has 2 aromatic carbocycles. The summed E-state index contributed by atoms with van der Waals surface area (Å²) in [5, 5.41) is 0.530. The summed E-state index contributed by atoms with van der Waals surface area (Å²) in [6, 6.07) is 7.88. The van der Waals surface area contributed by atoms with Gasteiger partial charge in [-0.2, -0.15) is 0 Å². The number of ether oxygens (including phenoxy) is 1. The molecule has 20 heavy (non-hydrogen) atoms. The van der Waals surface area contributed by atoms with E-state index < -0.39 is 11.9 Å². The van der Waals surface area contributed by atoms with Crippen molar-refractivity contribution in [2.45, 2.75) is 6.04 Å². The molecule has 0 aromatic heterocycles. The van der Waals surface area contributed by atoms with Gasteiger partial charge in [-0.1, -0.05) is 23.7 Å². The minimum absolute atomic E-state index is 0.329. The Morgan fingerprint density at radius 3 is 2.55 bits per heavy atom. The van der Waals surface area contributed by atoms with Gasteiger partial charge in [-0.15, -0.1) is 0 Å². The number of nitrogens with two attached hydrogens (primary N) is 1. The van der Waals surface area contributed by atoms with Gasteiger partial charge in [0.1, 0.15) is 11.6 Å². The van der Waals surface area contributed by atoms with E-state index >= 15 is 0 Å². The van der Waals surface area contributed by atoms with Gasteiger partial charge in [0.15, 0.2) is 0 Å². The average molecular weight is 424 g/mol. The molecule has 0 bridgehead atoms. The first-order valence-electron chi connectivity index (χ1n) is 5.68. The van der Waals surface area contributed by atoms with Gasteiger partial charge in [0.2, 0.25) is 0 Å². The van der Waals surface area contributed by atoms with Gasteiger partial charge in [0, 0.05) is 16.1 Å². The third-order valence-corrected chi connectivity index (χ3v) is 4.84. The minimum atomic E-state index is -0.521. The van der Waals surface area contributed by atoms with Crippen molar-refractivity contribution in [1.82, 2.24) is 0 Å². The average Bonchev–Trinajstić information content (AvgIpc) is 2.43. The molecule has 1 atom stereocenters. The Balaban J connectivity index is 2.55. The van der Waals surface area contributed by atoms with Crippen LogP contribution in [0.1, 0.15) is 17.2 Å². The molecule has 0 aliphatic carbocycles. The Hall–Kier alpha value is -0.620. The monoisotopic (exact) mass is 421 g/mol. The van der Waals surface area contributed by atoms with Crippen molar-refractivity contribution < 1.29 is 9.13 Å². The molecule has 2 nitrogen and oxygen atoms in total. The molecule has 106 valence electrons.